The molecule has 3 amide bonds. The van der Waals surface area contributed by atoms with Crippen LogP contribution in [-0.2, 0) is 19.1 Å². The predicted molar refractivity (Wildman–Crippen MR) is 165 cm³/mol. The van der Waals surface area contributed by atoms with E-state index in [4.69, 9.17) is 9.47 Å². The number of ether oxygens (including phenoxy) is 2. The molecule has 0 spiro atoms. The summed E-state index contributed by atoms with van der Waals surface area (Å²) in [7, 11) is 0. The van der Waals surface area contributed by atoms with Gasteiger partial charge < -0.3 is 29.9 Å². The van der Waals surface area contributed by atoms with Gasteiger partial charge in [0.15, 0.2) is 5.82 Å². The maximum Gasteiger partial charge on any atom is 0.409 e. The number of carbonyl (C=O) groups excluding carboxylic acids is 4. The molecule has 1 aliphatic heterocycles. The number of esters is 1. The van der Waals surface area contributed by atoms with Crippen molar-refractivity contribution in [3.8, 4) is 11.4 Å². The summed E-state index contributed by atoms with van der Waals surface area (Å²) >= 11 is 0. The third kappa shape index (κ3) is 9.39. The van der Waals surface area contributed by atoms with Crippen LogP contribution in [-0.4, -0.2) is 94.1 Å². The van der Waals surface area contributed by atoms with Gasteiger partial charge in [0.05, 0.1) is 6.61 Å². The van der Waals surface area contributed by atoms with Gasteiger partial charge in [0, 0.05) is 50.3 Å². The molecule has 44 heavy (non-hydrogen) atoms. The van der Waals surface area contributed by atoms with E-state index in [9.17, 15) is 19.2 Å². The van der Waals surface area contributed by atoms with E-state index in [0.717, 1.165) is 31.2 Å². The molecule has 0 bridgehead atoms. The summed E-state index contributed by atoms with van der Waals surface area (Å²) in [5.74, 6) is -0.417. The van der Waals surface area contributed by atoms with Crippen molar-refractivity contribution in [3.05, 3.63) is 42.1 Å². The molecule has 238 valence electrons. The molecule has 1 atom stereocenters. The normalized spacial score (nSPS) is 16.3. The van der Waals surface area contributed by atoms with E-state index in [2.05, 4.69) is 20.6 Å². The van der Waals surface area contributed by atoms with Crippen LogP contribution in [0, 0.1) is 0 Å². The number of nitrogens with zero attached hydrogens (tertiary/aromatic N) is 4. The van der Waals surface area contributed by atoms with Crippen LogP contribution in [0.5, 0.6) is 0 Å². The molecule has 1 aliphatic carbocycles. The van der Waals surface area contributed by atoms with Crippen molar-refractivity contribution in [2.75, 3.05) is 38.1 Å². The fraction of sp³-hybridized carbons (Fsp3) is 0.562. The number of amides is 3. The van der Waals surface area contributed by atoms with Crippen LogP contribution in [0.25, 0.3) is 11.4 Å². The maximum atomic E-state index is 13.7. The van der Waals surface area contributed by atoms with Gasteiger partial charge in [-0.2, -0.15) is 0 Å². The van der Waals surface area contributed by atoms with Gasteiger partial charge in [-0.1, -0.05) is 43.2 Å². The van der Waals surface area contributed by atoms with E-state index in [0.29, 0.717) is 24.7 Å². The maximum absolute atomic E-state index is 13.7. The molecule has 4 rings (SSSR count). The highest BCUT2D eigenvalue weighted by atomic mass is 16.6. The number of carbonyl (C=O) groups is 4. The van der Waals surface area contributed by atoms with Crippen molar-refractivity contribution in [1.29, 1.82) is 0 Å². The minimum atomic E-state index is -1.01. The first-order valence-corrected chi connectivity index (χ1v) is 15.5. The lowest BCUT2D eigenvalue weighted by molar-refractivity contribution is -0.155. The Hall–Kier alpha value is -4.22. The lowest BCUT2D eigenvalue weighted by Gasteiger charge is -2.36. The molecule has 2 aromatic rings. The molecular formula is C32H44N6O6. The Labute approximate surface area is 258 Å². The fourth-order valence-electron chi connectivity index (χ4n) is 5.32. The molecule has 1 saturated carbocycles. The SMILES string of the molecule is CCOC(=O)N1CCN(C(=O)[C@H](CCC(=O)OC(C)(C)C)NC(=O)c2cc(NC3CCCC3)nc(-c3ccccc3)n2)CC1. The number of hydrogen-bond donors (Lipinski definition) is 2. The molecule has 2 heterocycles. The summed E-state index contributed by atoms with van der Waals surface area (Å²) in [6.45, 7) is 8.49. The highest BCUT2D eigenvalue weighted by Gasteiger charge is 2.32. The molecule has 2 aliphatic rings. The average Bonchev–Trinajstić information content (AvgIpc) is 3.51. The molecule has 2 fully saturated rings. The summed E-state index contributed by atoms with van der Waals surface area (Å²) in [5.41, 5.74) is 0.191. The van der Waals surface area contributed by atoms with E-state index in [1.807, 2.05) is 30.3 Å². The van der Waals surface area contributed by atoms with Gasteiger partial charge in [-0.05, 0) is 47.0 Å². The molecule has 0 unspecified atom stereocenters. The van der Waals surface area contributed by atoms with Gasteiger partial charge in [0.25, 0.3) is 5.91 Å². The molecule has 1 aromatic carbocycles. The van der Waals surface area contributed by atoms with E-state index in [1.165, 1.54) is 0 Å². The fourth-order valence-corrected chi connectivity index (χ4v) is 5.32. The Morgan fingerprint density at radius 3 is 2.27 bits per heavy atom. The zero-order chi connectivity index (χ0) is 31.7. The minimum absolute atomic E-state index is 0.0430. The summed E-state index contributed by atoms with van der Waals surface area (Å²) in [6.07, 6.45) is 3.88. The third-order valence-corrected chi connectivity index (χ3v) is 7.48. The van der Waals surface area contributed by atoms with Crippen molar-refractivity contribution >= 4 is 29.7 Å². The second-order valence-corrected chi connectivity index (χ2v) is 12.1. The second kappa shape index (κ2) is 15.0. The van der Waals surface area contributed by atoms with Gasteiger partial charge in [-0.3, -0.25) is 14.4 Å². The van der Waals surface area contributed by atoms with Crippen LogP contribution in [0.15, 0.2) is 36.4 Å². The lowest BCUT2D eigenvalue weighted by Crippen LogP contribution is -2.56. The van der Waals surface area contributed by atoms with Gasteiger partial charge in [-0.15, -0.1) is 0 Å². The molecule has 0 radical (unpaired) electrons. The third-order valence-electron chi connectivity index (χ3n) is 7.48. The lowest BCUT2D eigenvalue weighted by atomic mass is 10.1. The standard InChI is InChI=1S/C32H44N6O6/c1-5-43-31(42)38-19-17-37(18-20-38)30(41)24(15-16-27(39)44-32(2,3)4)35-29(40)25-21-26(33-23-13-9-10-14-23)36-28(34-25)22-11-7-6-8-12-22/h6-8,11-12,21,23-24H,5,9-10,13-20H2,1-4H3,(H,35,40)(H,33,34,36)/t24-/m0/s1. The molecule has 1 aromatic heterocycles. The first-order valence-electron chi connectivity index (χ1n) is 15.5. The van der Waals surface area contributed by atoms with E-state index < -0.39 is 29.6 Å². The number of nitrogens with one attached hydrogen (secondary N) is 2. The van der Waals surface area contributed by atoms with Crippen molar-refractivity contribution < 1.29 is 28.7 Å². The monoisotopic (exact) mass is 608 g/mol. The average molecular weight is 609 g/mol. The highest BCUT2D eigenvalue weighted by Crippen LogP contribution is 2.24. The van der Waals surface area contributed by atoms with Crippen LogP contribution in [0.2, 0.25) is 0 Å². The molecular weight excluding hydrogens is 564 g/mol. The van der Waals surface area contributed by atoms with Gasteiger partial charge >= 0.3 is 12.1 Å². The van der Waals surface area contributed by atoms with Gasteiger partial charge in [0.1, 0.15) is 23.2 Å². The first-order chi connectivity index (χ1) is 21.0. The number of aromatic nitrogens is 2. The highest BCUT2D eigenvalue weighted by molar-refractivity contribution is 5.97. The van der Waals surface area contributed by atoms with Crippen molar-refractivity contribution in [2.24, 2.45) is 0 Å². The predicted octanol–water partition coefficient (Wildman–Crippen LogP) is 4.02. The zero-order valence-electron chi connectivity index (χ0n) is 26.1. The summed E-state index contributed by atoms with van der Waals surface area (Å²) in [4.78, 5) is 64.5. The Morgan fingerprint density at radius 1 is 0.977 bits per heavy atom. The number of rotatable bonds is 10. The number of anilines is 1. The number of piperazine rings is 1. The smallest absolute Gasteiger partial charge is 0.409 e. The van der Waals surface area contributed by atoms with E-state index in [1.54, 1.807) is 43.6 Å². The number of benzene rings is 1. The summed E-state index contributed by atoms with van der Waals surface area (Å²) in [6, 6.07) is 10.3. The van der Waals surface area contributed by atoms with Crippen molar-refractivity contribution in [1.82, 2.24) is 25.1 Å². The van der Waals surface area contributed by atoms with Crippen LogP contribution >= 0.6 is 0 Å². The van der Waals surface area contributed by atoms with Crippen molar-refractivity contribution in [3.63, 3.8) is 0 Å². The van der Waals surface area contributed by atoms with Gasteiger partial charge in [-0.25, -0.2) is 14.8 Å². The van der Waals surface area contributed by atoms with Crippen LogP contribution < -0.4 is 10.6 Å². The topological polar surface area (TPSA) is 143 Å². The minimum Gasteiger partial charge on any atom is -0.460 e. The Balaban J connectivity index is 1.54. The van der Waals surface area contributed by atoms with Gasteiger partial charge in [0.2, 0.25) is 5.91 Å². The zero-order valence-corrected chi connectivity index (χ0v) is 26.1. The summed E-state index contributed by atoms with van der Waals surface area (Å²) < 4.78 is 10.5. The van der Waals surface area contributed by atoms with Crippen molar-refractivity contribution in [2.45, 2.75) is 83.9 Å². The van der Waals surface area contributed by atoms with E-state index >= 15 is 0 Å². The van der Waals surface area contributed by atoms with Crippen LogP contribution in [0.1, 0.15) is 76.7 Å². The quantitative estimate of drug-likeness (QED) is 0.382. The Kier molecular flexibility index (Phi) is 11.1. The molecule has 2 N–H and O–H groups in total. The second-order valence-electron chi connectivity index (χ2n) is 12.1. The molecule has 1 saturated heterocycles. The molecule has 12 nitrogen and oxygen atoms in total. The Bertz CT molecular complexity index is 1300. The largest absolute Gasteiger partial charge is 0.460 e. The first kappa shape index (κ1) is 32.7. The molecule has 12 heteroatoms. The number of hydrogen-bond acceptors (Lipinski definition) is 9. The van der Waals surface area contributed by atoms with E-state index in [-0.39, 0.29) is 50.2 Å². The summed E-state index contributed by atoms with van der Waals surface area (Å²) in [5, 5.41) is 6.29. The van der Waals surface area contributed by atoms with Crippen LogP contribution in [0.4, 0.5) is 10.6 Å². The van der Waals surface area contributed by atoms with Crippen LogP contribution in [0.3, 0.4) is 0 Å². The Morgan fingerprint density at radius 2 is 1.64 bits per heavy atom.